The molecular formula is C19H18N2. The van der Waals surface area contributed by atoms with Crippen molar-refractivity contribution in [2.75, 3.05) is 11.5 Å². The molecule has 0 bridgehead atoms. The van der Waals surface area contributed by atoms with Crippen LogP contribution in [0.15, 0.2) is 66.7 Å². The van der Waals surface area contributed by atoms with Gasteiger partial charge in [-0.2, -0.15) is 0 Å². The van der Waals surface area contributed by atoms with E-state index in [1.807, 2.05) is 36.4 Å². The largest absolute Gasteiger partial charge is 0.399 e. The molecule has 0 fully saturated rings. The number of hydrogen-bond acceptors (Lipinski definition) is 2. The van der Waals surface area contributed by atoms with E-state index in [-0.39, 0.29) is 0 Å². The van der Waals surface area contributed by atoms with Crippen LogP contribution < -0.4 is 11.5 Å². The maximum absolute atomic E-state index is 6.16. The second-order valence-electron chi connectivity index (χ2n) is 5.21. The van der Waals surface area contributed by atoms with Gasteiger partial charge in [0, 0.05) is 16.9 Å². The normalized spacial score (nSPS) is 10.5. The molecule has 0 amide bonds. The first-order valence-corrected chi connectivity index (χ1v) is 6.97. The van der Waals surface area contributed by atoms with Gasteiger partial charge in [0.1, 0.15) is 0 Å². The first kappa shape index (κ1) is 13.3. The fourth-order valence-electron chi connectivity index (χ4n) is 2.69. The first-order chi connectivity index (χ1) is 10.2. The minimum absolute atomic E-state index is 0.722. The molecule has 3 rings (SSSR count). The van der Waals surface area contributed by atoms with Gasteiger partial charge >= 0.3 is 0 Å². The second-order valence-corrected chi connectivity index (χ2v) is 5.21. The van der Waals surface area contributed by atoms with E-state index in [0.717, 1.165) is 22.5 Å². The molecule has 0 aliphatic carbocycles. The molecule has 2 nitrogen and oxygen atoms in total. The quantitative estimate of drug-likeness (QED) is 0.676. The zero-order chi connectivity index (χ0) is 14.8. The van der Waals surface area contributed by atoms with Crippen LogP contribution in [0.2, 0.25) is 0 Å². The van der Waals surface area contributed by atoms with Gasteiger partial charge in [-0.1, -0.05) is 48.5 Å². The summed E-state index contributed by atoms with van der Waals surface area (Å²) in [5.74, 6) is 0. The summed E-state index contributed by atoms with van der Waals surface area (Å²) in [5.41, 5.74) is 19.3. The van der Waals surface area contributed by atoms with E-state index in [1.165, 1.54) is 16.7 Å². The number of anilines is 2. The molecule has 3 aromatic carbocycles. The summed E-state index contributed by atoms with van der Waals surface area (Å²) in [5, 5.41) is 0. The predicted octanol–water partition coefficient (Wildman–Crippen LogP) is 4.49. The summed E-state index contributed by atoms with van der Waals surface area (Å²) in [6.07, 6.45) is 0. The van der Waals surface area contributed by atoms with E-state index in [0.29, 0.717) is 0 Å². The van der Waals surface area contributed by atoms with Crippen molar-refractivity contribution in [1.82, 2.24) is 0 Å². The molecule has 2 heteroatoms. The number of nitrogen functional groups attached to an aromatic ring is 2. The Hall–Kier alpha value is -2.74. The van der Waals surface area contributed by atoms with Gasteiger partial charge in [-0.3, -0.25) is 0 Å². The lowest BCUT2D eigenvalue weighted by molar-refractivity contribution is 1.45. The summed E-state index contributed by atoms with van der Waals surface area (Å²) in [6, 6.07) is 22.3. The van der Waals surface area contributed by atoms with Crippen LogP contribution in [0.3, 0.4) is 0 Å². The average Bonchev–Trinajstić information content (AvgIpc) is 2.50. The number of hydrogen-bond donors (Lipinski definition) is 2. The lowest BCUT2D eigenvalue weighted by atomic mass is 9.90. The van der Waals surface area contributed by atoms with Gasteiger partial charge in [0.2, 0.25) is 0 Å². The standard InChI is InChI=1S/C19H18N2/c1-13-6-5-9-16(17-12-15(20)10-11-18(17)21)19(13)14-7-3-2-4-8-14/h2-12H,20-21H2,1H3. The average molecular weight is 274 g/mol. The van der Waals surface area contributed by atoms with Gasteiger partial charge in [0.15, 0.2) is 0 Å². The summed E-state index contributed by atoms with van der Waals surface area (Å²) < 4.78 is 0. The van der Waals surface area contributed by atoms with Gasteiger partial charge < -0.3 is 11.5 Å². The fourth-order valence-corrected chi connectivity index (χ4v) is 2.69. The second kappa shape index (κ2) is 5.33. The Balaban J connectivity index is 2.29. The Kier molecular flexibility index (Phi) is 3.36. The molecule has 4 N–H and O–H groups in total. The van der Waals surface area contributed by atoms with Crippen LogP contribution in [-0.2, 0) is 0 Å². The molecule has 0 heterocycles. The van der Waals surface area contributed by atoms with Crippen LogP contribution in [0.5, 0.6) is 0 Å². The van der Waals surface area contributed by atoms with Gasteiger partial charge in [0.05, 0.1) is 0 Å². The highest BCUT2D eigenvalue weighted by molar-refractivity contribution is 5.91. The van der Waals surface area contributed by atoms with Crippen LogP contribution in [0.1, 0.15) is 5.56 Å². The smallest absolute Gasteiger partial charge is 0.0395 e. The van der Waals surface area contributed by atoms with Gasteiger partial charge in [-0.15, -0.1) is 0 Å². The lowest BCUT2D eigenvalue weighted by Gasteiger charge is -2.15. The molecule has 0 saturated carbocycles. The van der Waals surface area contributed by atoms with Crippen molar-refractivity contribution in [1.29, 1.82) is 0 Å². The monoisotopic (exact) mass is 274 g/mol. The molecule has 3 aromatic rings. The molecule has 104 valence electrons. The molecule has 0 aromatic heterocycles. The van der Waals surface area contributed by atoms with Gasteiger partial charge in [-0.25, -0.2) is 0 Å². The fraction of sp³-hybridized carbons (Fsp3) is 0.0526. The lowest BCUT2D eigenvalue weighted by Crippen LogP contribution is -1.95. The Morgan fingerprint density at radius 3 is 2.24 bits per heavy atom. The van der Waals surface area contributed by atoms with Gasteiger partial charge in [-0.05, 0) is 47.4 Å². The van der Waals surface area contributed by atoms with Crippen LogP contribution in [-0.4, -0.2) is 0 Å². The minimum atomic E-state index is 0.722. The van der Waals surface area contributed by atoms with Crippen LogP contribution >= 0.6 is 0 Å². The topological polar surface area (TPSA) is 52.0 Å². The molecule has 0 aliphatic heterocycles. The third-order valence-corrected chi connectivity index (χ3v) is 3.70. The minimum Gasteiger partial charge on any atom is -0.399 e. The number of nitrogens with two attached hydrogens (primary N) is 2. The van der Waals surface area contributed by atoms with Crippen LogP contribution in [0, 0.1) is 6.92 Å². The van der Waals surface area contributed by atoms with Crippen molar-refractivity contribution in [3.8, 4) is 22.3 Å². The molecule has 0 atom stereocenters. The van der Waals surface area contributed by atoms with E-state index in [9.17, 15) is 0 Å². The molecule has 0 saturated heterocycles. The van der Waals surface area contributed by atoms with Crippen molar-refractivity contribution in [3.63, 3.8) is 0 Å². The van der Waals surface area contributed by atoms with Crippen molar-refractivity contribution < 1.29 is 0 Å². The number of rotatable bonds is 2. The van der Waals surface area contributed by atoms with E-state index in [1.54, 1.807) is 0 Å². The third-order valence-electron chi connectivity index (χ3n) is 3.70. The maximum Gasteiger partial charge on any atom is 0.0395 e. The third kappa shape index (κ3) is 2.48. The van der Waals surface area contributed by atoms with E-state index in [2.05, 4.69) is 37.3 Å². The van der Waals surface area contributed by atoms with Crippen molar-refractivity contribution in [2.45, 2.75) is 6.92 Å². The Labute approximate surface area is 125 Å². The summed E-state index contributed by atoms with van der Waals surface area (Å²) in [6.45, 7) is 2.12. The van der Waals surface area contributed by atoms with E-state index < -0.39 is 0 Å². The van der Waals surface area contributed by atoms with Crippen molar-refractivity contribution in [3.05, 3.63) is 72.3 Å². The first-order valence-electron chi connectivity index (χ1n) is 6.97. The van der Waals surface area contributed by atoms with Crippen LogP contribution in [0.4, 0.5) is 11.4 Å². The summed E-state index contributed by atoms with van der Waals surface area (Å²) in [4.78, 5) is 0. The summed E-state index contributed by atoms with van der Waals surface area (Å²) >= 11 is 0. The zero-order valence-electron chi connectivity index (χ0n) is 12.0. The molecular weight excluding hydrogens is 256 g/mol. The van der Waals surface area contributed by atoms with E-state index in [4.69, 9.17) is 11.5 Å². The molecule has 0 unspecified atom stereocenters. The maximum atomic E-state index is 6.16. The molecule has 0 spiro atoms. The van der Waals surface area contributed by atoms with Crippen molar-refractivity contribution in [2.24, 2.45) is 0 Å². The molecule has 21 heavy (non-hydrogen) atoms. The zero-order valence-corrected chi connectivity index (χ0v) is 12.0. The highest BCUT2D eigenvalue weighted by atomic mass is 14.6. The SMILES string of the molecule is Cc1cccc(-c2cc(N)ccc2N)c1-c1ccccc1. The number of aryl methyl sites for hydroxylation is 1. The highest BCUT2D eigenvalue weighted by Gasteiger charge is 2.12. The highest BCUT2D eigenvalue weighted by Crippen LogP contribution is 2.37. The summed E-state index contributed by atoms with van der Waals surface area (Å²) in [7, 11) is 0. The Morgan fingerprint density at radius 2 is 1.48 bits per heavy atom. The van der Waals surface area contributed by atoms with Crippen LogP contribution in [0.25, 0.3) is 22.3 Å². The van der Waals surface area contributed by atoms with E-state index >= 15 is 0 Å². The van der Waals surface area contributed by atoms with Crippen molar-refractivity contribution >= 4 is 11.4 Å². The Bertz CT molecular complexity index is 777. The number of benzene rings is 3. The predicted molar refractivity (Wildman–Crippen MR) is 90.9 cm³/mol. The Morgan fingerprint density at radius 1 is 0.714 bits per heavy atom. The molecule has 0 aliphatic rings. The molecule has 0 radical (unpaired) electrons. The van der Waals surface area contributed by atoms with Gasteiger partial charge in [0.25, 0.3) is 0 Å².